The number of benzene rings is 1. The number of aromatic hydroxyl groups is 1. The van der Waals surface area contributed by atoms with Crippen LogP contribution < -0.4 is 0 Å². The van der Waals surface area contributed by atoms with E-state index in [0.717, 1.165) is 12.8 Å². The molecular formula is C14H21NO. The number of hydrogen-bond acceptors (Lipinski definition) is 2. The highest BCUT2D eigenvalue weighted by atomic mass is 16.3. The van der Waals surface area contributed by atoms with Gasteiger partial charge in [-0.1, -0.05) is 13.0 Å². The van der Waals surface area contributed by atoms with Crippen molar-refractivity contribution in [3.05, 3.63) is 29.3 Å². The van der Waals surface area contributed by atoms with Gasteiger partial charge in [-0.2, -0.15) is 0 Å². The van der Waals surface area contributed by atoms with Gasteiger partial charge in [-0.05, 0) is 62.5 Å². The summed E-state index contributed by atoms with van der Waals surface area (Å²) in [6.07, 6.45) is 4.68. The van der Waals surface area contributed by atoms with Gasteiger partial charge in [0, 0.05) is 6.04 Å². The predicted octanol–water partition coefficient (Wildman–Crippen LogP) is 2.59. The van der Waals surface area contributed by atoms with Crippen molar-refractivity contribution in [1.29, 1.82) is 0 Å². The van der Waals surface area contributed by atoms with Gasteiger partial charge in [0.15, 0.2) is 0 Å². The lowest BCUT2D eigenvalue weighted by atomic mass is 9.87. The number of hydrogen-bond donors (Lipinski definition) is 1. The molecule has 1 unspecified atom stereocenters. The van der Waals surface area contributed by atoms with Crippen molar-refractivity contribution in [3.63, 3.8) is 0 Å². The molecule has 2 rings (SSSR count). The molecule has 0 radical (unpaired) electrons. The van der Waals surface area contributed by atoms with Gasteiger partial charge >= 0.3 is 0 Å². The zero-order valence-corrected chi connectivity index (χ0v) is 10.2. The Morgan fingerprint density at radius 2 is 2.19 bits per heavy atom. The van der Waals surface area contributed by atoms with Crippen LogP contribution in [0.4, 0.5) is 0 Å². The Hall–Kier alpha value is -1.02. The molecule has 1 atom stereocenters. The van der Waals surface area contributed by atoms with Crippen molar-refractivity contribution in [1.82, 2.24) is 4.90 Å². The minimum Gasteiger partial charge on any atom is -0.508 e. The number of fused-ring (bicyclic) bond motifs is 1. The fourth-order valence-electron chi connectivity index (χ4n) is 2.64. The number of aryl methyl sites for hydroxylation is 1. The number of phenolic OH excluding ortho intramolecular Hbond substituents is 1. The molecule has 0 aliphatic heterocycles. The molecule has 1 N–H and O–H groups in total. The largest absolute Gasteiger partial charge is 0.508 e. The van der Waals surface area contributed by atoms with E-state index in [-0.39, 0.29) is 0 Å². The highest BCUT2D eigenvalue weighted by Gasteiger charge is 2.21. The first-order valence-electron chi connectivity index (χ1n) is 6.21. The summed E-state index contributed by atoms with van der Waals surface area (Å²) in [6, 6.07) is 6.45. The molecular weight excluding hydrogens is 198 g/mol. The summed E-state index contributed by atoms with van der Waals surface area (Å²) in [5.41, 5.74) is 2.75. The van der Waals surface area contributed by atoms with E-state index >= 15 is 0 Å². The van der Waals surface area contributed by atoms with Gasteiger partial charge in [-0.15, -0.1) is 0 Å². The Balaban J connectivity index is 2.10. The Kier molecular flexibility index (Phi) is 3.49. The molecule has 2 nitrogen and oxygen atoms in total. The van der Waals surface area contributed by atoms with Crippen LogP contribution in [0.2, 0.25) is 0 Å². The standard InChI is InChI=1S/C14H21NO/c1-3-8-15(2)13-6-4-11-5-7-14(16)10-12(11)9-13/h5,7,10,13,16H,3-4,6,8-9H2,1-2H3. The molecule has 0 saturated carbocycles. The first-order chi connectivity index (χ1) is 7.70. The van der Waals surface area contributed by atoms with Crippen LogP contribution in [0, 0.1) is 0 Å². The quantitative estimate of drug-likeness (QED) is 0.844. The number of phenols is 1. The Morgan fingerprint density at radius 1 is 1.38 bits per heavy atom. The molecule has 0 aromatic heterocycles. The van der Waals surface area contributed by atoms with Crippen molar-refractivity contribution in [2.45, 2.75) is 38.6 Å². The van der Waals surface area contributed by atoms with Crippen LogP contribution in [-0.4, -0.2) is 29.6 Å². The van der Waals surface area contributed by atoms with Gasteiger partial charge in [-0.25, -0.2) is 0 Å². The lowest BCUT2D eigenvalue weighted by Gasteiger charge is -2.32. The molecule has 0 fully saturated rings. The van der Waals surface area contributed by atoms with Gasteiger partial charge in [0.1, 0.15) is 5.75 Å². The van der Waals surface area contributed by atoms with Crippen LogP contribution >= 0.6 is 0 Å². The highest BCUT2D eigenvalue weighted by Crippen LogP contribution is 2.26. The van der Waals surface area contributed by atoms with Crippen molar-refractivity contribution in [3.8, 4) is 5.75 Å². The van der Waals surface area contributed by atoms with Crippen LogP contribution in [0.25, 0.3) is 0 Å². The van der Waals surface area contributed by atoms with Gasteiger partial charge in [0.05, 0.1) is 0 Å². The Labute approximate surface area is 97.9 Å². The third-order valence-corrected chi connectivity index (χ3v) is 3.59. The minimum absolute atomic E-state index is 0.401. The topological polar surface area (TPSA) is 23.5 Å². The van der Waals surface area contributed by atoms with Crippen molar-refractivity contribution in [2.24, 2.45) is 0 Å². The first-order valence-corrected chi connectivity index (χ1v) is 6.21. The average Bonchev–Trinajstić information content (AvgIpc) is 2.28. The van der Waals surface area contributed by atoms with Gasteiger partial charge < -0.3 is 10.0 Å². The van der Waals surface area contributed by atoms with E-state index in [1.807, 2.05) is 6.07 Å². The lowest BCUT2D eigenvalue weighted by molar-refractivity contribution is 0.222. The second-order valence-electron chi connectivity index (χ2n) is 4.83. The van der Waals surface area contributed by atoms with Crippen LogP contribution in [0.5, 0.6) is 5.75 Å². The summed E-state index contributed by atoms with van der Waals surface area (Å²) in [7, 11) is 2.21. The fraction of sp³-hybridized carbons (Fsp3) is 0.571. The SMILES string of the molecule is CCCN(C)C1CCc2ccc(O)cc2C1. The second-order valence-corrected chi connectivity index (χ2v) is 4.83. The lowest BCUT2D eigenvalue weighted by Crippen LogP contribution is -2.36. The number of rotatable bonds is 3. The third-order valence-electron chi connectivity index (χ3n) is 3.59. The van der Waals surface area contributed by atoms with E-state index in [1.54, 1.807) is 6.07 Å². The van der Waals surface area contributed by atoms with E-state index in [2.05, 4.69) is 24.9 Å². The smallest absolute Gasteiger partial charge is 0.115 e. The zero-order chi connectivity index (χ0) is 11.5. The highest BCUT2D eigenvalue weighted by molar-refractivity contribution is 5.37. The maximum Gasteiger partial charge on any atom is 0.115 e. The van der Waals surface area contributed by atoms with E-state index in [9.17, 15) is 5.11 Å². The molecule has 0 amide bonds. The summed E-state index contributed by atoms with van der Waals surface area (Å²) >= 11 is 0. The zero-order valence-electron chi connectivity index (χ0n) is 10.2. The van der Waals surface area contributed by atoms with E-state index in [0.29, 0.717) is 11.8 Å². The van der Waals surface area contributed by atoms with Gasteiger partial charge in [0.25, 0.3) is 0 Å². The summed E-state index contributed by atoms with van der Waals surface area (Å²) in [5, 5.41) is 9.50. The van der Waals surface area contributed by atoms with Crippen molar-refractivity contribution >= 4 is 0 Å². The molecule has 88 valence electrons. The van der Waals surface area contributed by atoms with Gasteiger partial charge in [-0.3, -0.25) is 0 Å². The van der Waals surface area contributed by atoms with Crippen LogP contribution in [0.1, 0.15) is 30.9 Å². The molecule has 0 bridgehead atoms. The monoisotopic (exact) mass is 219 g/mol. The maximum atomic E-state index is 9.50. The number of nitrogens with zero attached hydrogens (tertiary/aromatic N) is 1. The van der Waals surface area contributed by atoms with Crippen molar-refractivity contribution in [2.75, 3.05) is 13.6 Å². The first kappa shape index (κ1) is 11.5. The fourth-order valence-corrected chi connectivity index (χ4v) is 2.64. The summed E-state index contributed by atoms with van der Waals surface area (Å²) in [5.74, 6) is 0.401. The molecule has 1 aromatic rings. The molecule has 0 saturated heterocycles. The van der Waals surface area contributed by atoms with Crippen LogP contribution in [0.3, 0.4) is 0 Å². The predicted molar refractivity (Wildman–Crippen MR) is 66.8 cm³/mol. The maximum absolute atomic E-state index is 9.50. The third kappa shape index (κ3) is 2.38. The van der Waals surface area contributed by atoms with Gasteiger partial charge in [0.2, 0.25) is 0 Å². The summed E-state index contributed by atoms with van der Waals surface area (Å²) < 4.78 is 0. The minimum atomic E-state index is 0.401. The normalized spacial score (nSPS) is 19.8. The molecule has 1 aliphatic carbocycles. The molecule has 16 heavy (non-hydrogen) atoms. The van der Waals surface area contributed by atoms with E-state index < -0.39 is 0 Å². The molecule has 1 aliphatic rings. The average molecular weight is 219 g/mol. The number of likely N-dealkylation sites (N-methyl/N-ethyl adjacent to an activating group) is 1. The Bertz CT molecular complexity index is 362. The molecule has 0 heterocycles. The van der Waals surface area contributed by atoms with E-state index in [1.165, 1.54) is 30.5 Å². The summed E-state index contributed by atoms with van der Waals surface area (Å²) in [4.78, 5) is 2.45. The molecule has 2 heteroatoms. The van der Waals surface area contributed by atoms with Crippen molar-refractivity contribution < 1.29 is 5.11 Å². The molecule has 1 aromatic carbocycles. The van der Waals surface area contributed by atoms with Crippen LogP contribution in [-0.2, 0) is 12.8 Å². The van der Waals surface area contributed by atoms with Crippen LogP contribution in [0.15, 0.2) is 18.2 Å². The summed E-state index contributed by atoms with van der Waals surface area (Å²) in [6.45, 7) is 3.39. The second kappa shape index (κ2) is 4.88. The van der Waals surface area contributed by atoms with E-state index in [4.69, 9.17) is 0 Å². The Morgan fingerprint density at radius 3 is 2.94 bits per heavy atom. The molecule has 0 spiro atoms.